The molecule has 0 fully saturated rings. The molecule has 1 aromatic carbocycles. The van der Waals surface area contributed by atoms with Crippen LogP contribution in [0.15, 0.2) is 36.9 Å². The van der Waals surface area contributed by atoms with Gasteiger partial charge in [0.25, 0.3) is 0 Å². The number of hydrogen-bond acceptors (Lipinski definition) is 4. The Morgan fingerprint density at radius 1 is 1.19 bits per heavy atom. The Morgan fingerprint density at radius 2 is 1.90 bits per heavy atom. The van der Waals surface area contributed by atoms with Gasteiger partial charge in [0.1, 0.15) is 12.7 Å². The zero-order valence-electron chi connectivity index (χ0n) is 11.9. The van der Waals surface area contributed by atoms with Crippen LogP contribution in [0, 0.1) is 0 Å². The Bertz CT molecular complexity index is 605. The van der Waals surface area contributed by atoms with Gasteiger partial charge >= 0.3 is 11.8 Å². The highest BCUT2D eigenvalue weighted by Gasteiger charge is 2.14. The monoisotopic (exact) mass is 287 g/mol. The predicted molar refractivity (Wildman–Crippen MR) is 77.5 cm³/mol. The minimum atomic E-state index is -0.673. The molecule has 21 heavy (non-hydrogen) atoms. The molecule has 0 aliphatic heterocycles. The summed E-state index contributed by atoms with van der Waals surface area (Å²) in [6, 6.07) is 7.13. The number of anilines is 1. The molecule has 0 aliphatic rings. The maximum absolute atomic E-state index is 11.6. The zero-order chi connectivity index (χ0) is 15.2. The van der Waals surface area contributed by atoms with Crippen molar-refractivity contribution in [3.8, 4) is 0 Å². The van der Waals surface area contributed by atoms with Crippen LogP contribution in [-0.4, -0.2) is 32.6 Å². The van der Waals surface area contributed by atoms with Crippen LogP contribution in [0.25, 0.3) is 0 Å². The van der Waals surface area contributed by atoms with E-state index in [1.807, 2.05) is 12.1 Å². The topological polar surface area (TPSA) is 88.9 Å². The van der Waals surface area contributed by atoms with Crippen molar-refractivity contribution in [2.24, 2.45) is 0 Å². The van der Waals surface area contributed by atoms with Gasteiger partial charge in [-0.3, -0.25) is 9.59 Å². The smallest absolute Gasteiger partial charge is 0.313 e. The zero-order valence-corrected chi connectivity index (χ0v) is 11.9. The van der Waals surface area contributed by atoms with Crippen molar-refractivity contribution in [3.05, 3.63) is 42.5 Å². The average molecular weight is 287 g/mol. The molecule has 2 aromatic rings. The van der Waals surface area contributed by atoms with E-state index in [-0.39, 0.29) is 6.04 Å². The number of hydrogen-bond donors (Lipinski definition) is 2. The normalized spacial score (nSPS) is 10.4. The van der Waals surface area contributed by atoms with Gasteiger partial charge in [-0.25, -0.2) is 9.67 Å². The van der Waals surface area contributed by atoms with Crippen molar-refractivity contribution in [2.75, 3.05) is 5.32 Å². The van der Waals surface area contributed by atoms with E-state index in [2.05, 4.69) is 20.7 Å². The van der Waals surface area contributed by atoms with Gasteiger partial charge in [-0.2, -0.15) is 5.10 Å². The number of carbonyl (C=O) groups excluding carboxylic acids is 2. The van der Waals surface area contributed by atoms with Crippen LogP contribution in [0.2, 0.25) is 0 Å². The molecule has 2 rings (SSSR count). The fourth-order valence-corrected chi connectivity index (χ4v) is 1.71. The quantitative estimate of drug-likeness (QED) is 0.814. The lowest BCUT2D eigenvalue weighted by atomic mass is 10.2. The average Bonchev–Trinajstić information content (AvgIpc) is 2.93. The Hall–Kier alpha value is -2.70. The second kappa shape index (κ2) is 6.65. The van der Waals surface area contributed by atoms with E-state index in [4.69, 9.17) is 0 Å². The van der Waals surface area contributed by atoms with E-state index in [1.54, 1.807) is 37.0 Å². The van der Waals surface area contributed by atoms with Crippen molar-refractivity contribution < 1.29 is 9.59 Å². The summed E-state index contributed by atoms with van der Waals surface area (Å²) in [6.07, 6.45) is 3.11. The molecule has 0 aliphatic carbocycles. The summed E-state index contributed by atoms with van der Waals surface area (Å²) in [7, 11) is 0. The molecule has 110 valence electrons. The number of benzene rings is 1. The van der Waals surface area contributed by atoms with Gasteiger partial charge in [-0.15, -0.1) is 0 Å². The van der Waals surface area contributed by atoms with Gasteiger partial charge in [-0.1, -0.05) is 12.1 Å². The van der Waals surface area contributed by atoms with Gasteiger partial charge in [0.15, 0.2) is 0 Å². The summed E-state index contributed by atoms with van der Waals surface area (Å²) in [4.78, 5) is 27.0. The van der Waals surface area contributed by atoms with Crippen molar-refractivity contribution >= 4 is 17.5 Å². The maximum Gasteiger partial charge on any atom is 0.313 e. The Kier molecular flexibility index (Phi) is 4.65. The van der Waals surface area contributed by atoms with Crippen LogP contribution in [-0.2, 0) is 16.1 Å². The molecule has 1 heterocycles. The second-order valence-electron chi connectivity index (χ2n) is 4.87. The van der Waals surface area contributed by atoms with E-state index in [0.29, 0.717) is 12.2 Å². The third kappa shape index (κ3) is 4.41. The van der Waals surface area contributed by atoms with E-state index in [9.17, 15) is 9.59 Å². The lowest BCUT2D eigenvalue weighted by Crippen LogP contribution is -2.39. The van der Waals surface area contributed by atoms with Crippen LogP contribution in [0.3, 0.4) is 0 Å². The van der Waals surface area contributed by atoms with Gasteiger partial charge in [0.2, 0.25) is 0 Å². The van der Waals surface area contributed by atoms with Crippen molar-refractivity contribution in [1.29, 1.82) is 0 Å². The molecule has 7 heteroatoms. The number of amides is 2. The maximum atomic E-state index is 11.6. The molecular formula is C14H17N5O2. The second-order valence-corrected chi connectivity index (χ2v) is 4.87. The SMILES string of the molecule is CC(C)NC(=O)C(=O)Nc1ccc(Cn2cncn2)cc1. The van der Waals surface area contributed by atoms with E-state index in [1.165, 1.54) is 6.33 Å². The number of nitrogens with one attached hydrogen (secondary N) is 2. The third-order valence-electron chi connectivity index (χ3n) is 2.65. The van der Waals surface area contributed by atoms with Crippen LogP contribution < -0.4 is 10.6 Å². The molecule has 0 unspecified atom stereocenters. The fraction of sp³-hybridized carbons (Fsp3) is 0.286. The highest BCUT2D eigenvalue weighted by Crippen LogP contribution is 2.10. The van der Waals surface area contributed by atoms with Crippen LogP contribution in [0.5, 0.6) is 0 Å². The Morgan fingerprint density at radius 3 is 2.48 bits per heavy atom. The lowest BCUT2D eigenvalue weighted by Gasteiger charge is -2.09. The van der Waals surface area contributed by atoms with Gasteiger partial charge in [-0.05, 0) is 31.5 Å². The first-order chi connectivity index (χ1) is 10.0. The molecule has 0 bridgehead atoms. The molecule has 7 nitrogen and oxygen atoms in total. The minimum absolute atomic E-state index is 0.0756. The third-order valence-corrected chi connectivity index (χ3v) is 2.65. The summed E-state index contributed by atoms with van der Waals surface area (Å²) in [5.74, 6) is -1.32. The summed E-state index contributed by atoms with van der Waals surface area (Å²) in [5.41, 5.74) is 1.59. The lowest BCUT2D eigenvalue weighted by molar-refractivity contribution is -0.136. The van der Waals surface area contributed by atoms with E-state index in [0.717, 1.165) is 5.56 Å². The first kappa shape index (κ1) is 14.7. The predicted octanol–water partition coefficient (Wildman–Crippen LogP) is 0.789. The standard InChI is InChI=1S/C14H17N5O2/c1-10(2)17-13(20)14(21)18-12-5-3-11(4-6-12)7-19-9-15-8-16-19/h3-6,8-10H,7H2,1-2H3,(H,17,20)(H,18,21). The van der Waals surface area contributed by atoms with Crippen molar-refractivity contribution in [3.63, 3.8) is 0 Å². The number of rotatable bonds is 4. The molecule has 0 saturated heterocycles. The number of nitrogens with zero attached hydrogens (tertiary/aromatic N) is 3. The molecule has 0 radical (unpaired) electrons. The van der Waals surface area contributed by atoms with Gasteiger partial charge in [0.05, 0.1) is 6.54 Å². The van der Waals surface area contributed by atoms with Gasteiger partial charge in [0, 0.05) is 11.7 Å². The Balaban J connectivity index is 1.93. The van der Waals surface area contributed by atoms with Crippen molar-refractivity contribution in [2.45, 2.75) is 26.4 Å². The molecule has 0 spiro atoms. The first-order valence-corrected chi connectivity index (χ1v) is 6.58. The van der Waals surface area contributed by atoms with Crippen LogP contribution >= 0.6 is 0 Å². The number of aromatic nitrogens is 3. The molecular weight excluding hydrogens is 270 g/mol. The summed E-state index contributed by atoms with van der Waals surface area (Å²) in [6.45, 7) is 4.19. The van der Waals surface area contributed by atoms with E-state index >= 15 is 0 Å². The molecule has 0 atom stereocenters. The fourth-order valence-electron chi connectivity index (χ4n) is 1.71. The molecule has 0 saturated carbocycles. The highest BCUT2D eigenvalue weighted by molar-refractivity contribution is 6.39. The minimum Gasteiger partial charge on any atom is -0.346 e. The summed E-state index contributed by atoms with van der Waals surface area (Å²) in [5, 5.41) is 9.10. The largest absolute Gasteiger partial charge is 0.346 e. The van der Waals surface area contributed by atoms with Crippen LogP contribution in [0.4, 0.5) is 5.69 Å². The summed E-state index contributed by atoms with van der Waals surface area (Å²) < 4.78 is 1.70. The molecule has 2 N–H and O–H groups in total. The van der Waals surface area contributed by atoms with Crippen LogP contribution in [0.1, 0.15) is 19.4 Å². The number of carbonyl (C=O) groups is 2. The molecule has 2 amide bonds. The summed E-state index contributed by atoms with van der Waals surface area (Å²) >= 11 is 0. The molecule has 1 aromatic heterocycles. The first-order valence-electron chi connectivity index (χ1n) is 6.58. The van der Waals surface area contributed by atoms with Crippen molar-refractivity contribution in [1.82, 2.24) is 20.1 Å². The van der Waals surface area contributed by atoms with Gasteiger partial charge < -0.3 is 10.6 Å². The Labute approximate surface area is 122 Å². The highest BCUT2D eigenvalue weighted by atomic mass is 16.2. The van der Waals surface area contributed by atoms with E-state index < -0.39 is 11.8 Å².